The molecule has 166 valence electrons. The third kappa shape index (κ3) is 4.11. The lowest BCUT2D eigenvalue weighted by Gasteiger charge is -2.38. The topological polar surface area (TPSA) is 70.9 Å². The summed E-state index contributed by atoms with van der Waals surface area (Å²) in [7, 11) is 1.81. The van der Waals surface area contributed by atoms with Crippen LogP contribution in [0.4, 0.5) is 18.9 Å². The smallest absolute Gasteiger partial charge is 0.287 e. The standard InChI is InChI=1S/C18H26F3N6O2S/c1-24-16(10-15(22-24)18(19,20)21)26-8-6-13(7-9-26)23-30(29)14-5-3-4-12-11-27(28)25(2)17(12)14/h3-5,13,15-16,22-23H,6-11H2,1-2H3/q+1. The first kappa shape index (κ1) is 21.6. The van der Waals surface area contributed by atoms with Crippen molar-refractivity contribution in [3.63, 3.8) is 0 Å². The number of nitrogens with zero attached hydrogens (tertiary/aromatic N) is 4. The number of likely N-dealkylation sites (tertiary alicyclic amines) is 1. The number of nitroso groups, excluding NO2 is 1. The van der Waals surface area contributed by atoms with Crippen LogP contribution in [0, 0.1) is 4.91 Å². The lowest BCUT2D eigenvalue weighted by atomic mass is 10.0. The van der Waals surface area contributed by atoms with Gasteiger partial charge in [-0.25, -0.2) is 19.4 Å². The zero-order valence-electron chi connectivity index (χ0n) is 16.9. The molecule has 0 aromatic heterocycles. The monoisotopic (exact) mass is 447 g/mol. The molecule has 0 amide bonds. The van der Waals surface area contributed by atoms with Crippen LogP contribution in [0.5, 0.6) is 0 Å². The predicted molar refractivity (Wildman–Crippen MR) is 105 cm³/mol. The molecule has 12 heteroatoms. The molecule has 1 aromatic rings. The van der Waals surface area contributed by atoms with Gasteiger partial charge in [0.25, 0.3) is 6.54 Å². The molecule has 0 aliphatic carbocycles. The second-order valence-corrected chi connectivity index (χ2v) is 9.26. The summed E-state index contributed by atoms with van der Waals surface area (Å²) < 4.78 is 55.1. The van der Waals surface area contributed by atoms with Crippen molar-refractivity contribution in [3.05, 3.63) is 28.7 Å². The molecule has 30 heavy (non-hydrogen) atoms. The fourth-order valence-corrected chi connectivity index (χ4v) is 5.77. The molecular formula is C18H26F3N6O2S+. The molecule has 1 aromatic carbocycles. The molecule has 3 atom stereocenters. The Balaban J connectivity index is 1.35. The maximum atomic E-state index is 13.0. The third-order valence-corrected chi connectivity index (χ3v) is 7.40. The van der Waals surface area contributed by atoms with Crippen LogP contribution in [-0.2, 0) is 17.5 Å². The van der Waals surface area contributed by atoms with Gasteiger partial charge in [-0.2, -0.15) is 13.2 Å². The van der Waals surface area contributed by atoms with Crippen LogP contribution in [0.25, 0.3) is 0 Å². The van der Waals surface area contributed by atoms with E-state index < -0.39 is 23.2 Å². The summed E-state index contributed by atoms with van der Waals surface area (Å²) in [5.74, 6) is 0. The molecule has 3 unspecified atom stereocenters. The van der Waals surface area contributed by atoms with Crippen molar-refractivity contribution < 1.29 is 22.2 Å². The van der Waals surface area contributed by atoms with E-state index >= 15 is 0 Å². The Morgan fingerprint density at radius 3 is 2.57 bits per heavy atom. The highest BCUT2D eigenvalue weighted by atomic mass is 32.2. The number of hydrogen-bond donors (Lipinski definition) is 2. The molecule has 3 heterocycles. The van der Waals surface area contributed by atoms with E-state index in [9.17, 15) is 22.3 Å². The highest BCUT2D eigenvalue weighted by molar-refractivity contribution is 7.83. The summed E-state index contributed by atoms with van der Waals surface area (Å²) in [5, 5.41) is 3.01. The van der Waals surface area contributed by atoms with Crippen molar-refractivity contribution in [1.82, 2.24) is 20.1 Å². The number of fused-ring (bicyclic) bond motifs is 1. The van der Waals surface area contributed by atoms with Crippen LogP contribution >= 0.6 is 0 Å². The molecule has 2 saturated heterocycles. The molecule has 0 spiro atoms. The van der Waals surface area contributed by atoms with Gasteiger partial charge < -0.3 is 0 Å². The van der Waals surface area contributed by atoms with Crippen molar-refractivity contribution in [2.45, 2.75) is 55.1 Å². The van der Waals surface area contributed by atoms with Gasteiger partial charge in [-0.1, -0.05) is 12.1 Å². The average molecular weight is 448 g/mol. The Labute approximate surface area is 175 Å². The largest absolute Gasteiger partial charge is 0.405 e. The van der Waals surface area contributed by atoms with Gasteiger partial charge in [0.2, 0.25) is 0 Å². The number of piperidine rings is 1. The Kier molecular flexibility index (Phi) is 5.88. The number of nitrogens with one attached hydrogen (secondary N) is 2. The minimum atomic E-state index is -4.26. The van der Waals surface area contributed by atoms with Crippen LogP contribution in [0.1, 0.15) is 24.8 Å². The predicted octanol–water partition coefficient (Wildman–Crippen LogP) is 1.50. The second kappa shape index (κ2) is 8.15. The van der Waals surface area contributed by atoms with Gasteiger partial charge in [0.05, 0.1) is 28.6 Å². The molecule has 4 rings (SSSR count). The maximum absolute atomic E-state index is 13.0. The van der Waals surface area contributed by atoms with Crippen molar-refractivity contribution >= 4 is 16.7 Å². The first-order valence-electron chi connectivity index (χ1n) is 9.93. The number of halogens is 3. The average Bonchev–Trinajstić information content (AvgIpc) is 3.22. The molecule has 0 saturated carbocycles. The number of benzene rings is 1. The minimum absolute atomic E-state index is 0.00178. The minimum Gasteiger partial charge on any atom is -0.287 e. The number of hydrogen-bond acceptors (Lipinski definition) is 5. The summed E-state index contributed by atoms with van der Waals surface area (Å²) in [4.78, 5) is 15.3. The summed E-state index contributed by atoms with van der Waals surface area (Å²) in [5.41, 5.74) is 4.02. The Morgan fingerprint density at radius 2 is 1.93 bits per heavy atom. The first-order chi connectivity index (χ1) is 14.1. The van der Waals surface area contributed by atoms with E-state index in [0.29, 0.717) is 36.5 Å². The van der Waals surface area contributed by atoms with Crippen molar-refractivity contribution in [2.75, 3.05) is 32.2 Å². The third-order valence-electron chi connectivity index (χ3n) is 6.12. The lowest BCUT2D eigenvalue weighted by Crippen LogP contribution is -2.51. The van der Waals surface area contributed by atoms with E-state index in [1.54, 1.807) is 31.2 Å². The number of para-hydroxylation sites is 1. The SMILES string of the molecule is CN1NC(C(F)(F)F)CC1N1CCC(NS(=O)c2cccc3c2N(C)[N+](=O)C3)CC1. The molecule has 3 aliphatic rings. The number of alkyl halides is 3. The van der Waals surface area contributed by atoms with Crippen molar-refractivity contribution in [2.24, 2.45) is 0 Å². The van der Waals surface area contributed by atoms with Gasteiger partial charge in [0.15, 0.2) is 0 Å². The Morgan fingerprint density at radius 1 is 1.23 bits per heavy atom. The van der Waals surface area contributed by atoms with Crippen molar-refractivity contribution in [1.29, 1.82) is 0 Å². The molecule has 0 bridgehead atoms. The first-order valence-corrected chi connectivity index (χ1v) is 11.1. The van der Waals surface area contributed by atoms with Gasteiger partial charge in [-0.15, -0.1) is 5.01 Å². The van der Waals surface area contributed by atoms with Crippen LogP contribution in [0.2, 0.25) is 0 Å². The Hall–Kier alpha value is -1.60. The second-order valence-electron chi connectivity index (χ2n) is 8.05. The molecule has 3 aliphatic heterocycles. The van der Waals surface area contributed by atoms with Gasteiger partial charge in [-0.05, 0) is 18.9 Å². The summed E-state index contributed by atoms with van der Waals surface area (Å²) in [6.45, 7) is 1.48. The van der Waals surface area contributed by atoms with Crippen LogP contribution < -0.4 is 15.2 Å². The van der Waals surface area contributed by atoms with Gasteiger partial charge in [0, 0.05) is 32.6 Å². The quantitative estimate of drug-likeness (QED) is 0.682. The van der Waals surface area contributed by atoms with E-state index in [0.717, 1.165) is 10.4 Å². The highest BCUT2D eigenvalue weighted by Gasteiger charge is 2.48. The number of anilines is 1. The summed E-state index contributed by atoms with van der Waals surface area (Å²) in [6, 6.07) is 3.87. The number of rotatable bonds is 4. The fraction of sp³-hybridized carbons (Fsp3) is 0.667. The summed E-state index contributed by atoms with van der Waals surface area (Å²) in [6.07, 6.45) is -3.20. The molecular weight excluding hydrogens is 421 g/mol. The molecule has 8 nitrogen and oxygen atoms in total. The lowest BCUT2D eigenvalue weighted by molar-refractivity contribution is -0.564. The van der Waals surface area contributed by atoms with E-state index in [4.69, 9.17) is 0 Å². The summed E-state index contributed by atoms with van der Waals surface area (Å²) >= 11 is 0. The van der Waals surface area contributed by atoms with Gasteiger partial charge >= 0.3 is 6.18 Å². The van der Waals surface area contributed by atoms with Crippen LogP contribution in [0.3, 0.4) is 0 Å². The molecule has 0 radical (unpaired) electrons. The number of hydrazine groups is 2. The normalized spacial score (nSPS) is 27.6. The van der Waals surface area contributed by atoms with Crippen LogP contribution in [0.15, 0.2) is 23.1 Å². The van der Waals surface area contributed by atoms with E-state index in [-0.39, 0.29) is 25.2 Å². The van der Waals surface area contributed by atoms with E-state index in [1.165, 1.54) is 5.01 Å². The van der Waals surface area contributed by atoms with Crippen LogP contribution in [-0.4, -0.2) is 70.6 Å². The van der Waals surface area contributed by atoms with Crippen molar-refractivity contribution in [3.8, 4) is 0 Å². The fourth-order valence-electron chi connectivity index (χ4n) is 4.46. The molecule has 2 fully saturated rings. The molecule has 2 N–H and O–H groups in total. The maximum Gasteiger partial charge on any atom is 0.405 e. The van der Waals surface area contributed by atoms with Gasteiger partial charge in [0.1, 0.15) is 27.6 Å². The zero-order chi connectivity index (χ0) is 21.6. The van der Waals surface area contributed by atoms with E-state index in [2.05, 4.69) is 10.1 Å². The zero-order valence-corrected chi connectivity index (χ0v) is 17.7. The van der Waals surface area contributed by atoms with E-state index in [1.807, 2.05) is 11.0 Å². The van der Waals surface area contributed by atoms with Gasteiger partial charge in [-0.3, -0.25) is 4.90 Å². The Bertz CT molecular complexity index is 846. The highest BCUT2D eigenvalue weighted by Crippen LogP contribution is 2.34.